The number of morpholine rings is 1. The molecule has 164 valence electrons. The van der Waals surface area contributed by atoms with Crippen molar-refractivity contribution >= 4 is 33.2 Å². The summed E-state index contributed by atoms with van der Waals surface area (Å²) in [5.41, 5.74) is 0.402. The summed E-state index contributed by atoms with van der Waals surface area (Å²) in [6.45, 7) is 1.15. The van der Waals surface area contributed by atoms with Crippen molar-refractivity contribution in [3.05, 3.63) is 53.8 Å². The van der Waals surface area contributed by atoms with Crippen molar-refractivity contribution in [3.8, 4) is 0 Å². The fourth-order valence-corrected chi connectivity index (χ4v) is 4.67. The number of benzene rings is 2. The molecule has 1 aliphatic heterocycles. The Morgan fingerprint density at radius 3 is 2.48 bits per heavy atom. The van der Waals surface area contributed by atoms with Gasteiger partial charge in [-0.05, 0) is 49.2 Å². The van der Waals surface area contributed by atoms with Gasteiger partial charge in [0.05, 0.1) is 23.8 Å². The zero-order valence-electron chi connectivity index (χ0n) is 16.6. The van der Waals surface area contributed by atoms with E-state index in [-0.39, 0.29) is 46.7 Å². The van der Waals surface area contributed by atoms with Gasteiger partial charge in [0.25, 0.3) is 5.91 Å². The summed E-state index contributed by atoms with van der Waals surface area (Å²) < 4.78 is 46.2. The van der Waals surface area contributed by atoms with E-state index in [0.29, 0.717) is 13.2 Å². The first-order valence-electron chi connectivity index (χ1n) is 9.94. The topological polar surface area (TPSA) is 105 Å². The molecular weight excluding hydrogens is 425 g/mol. The molecule has 1 saturated carbocycles. The SMILES string of the molecule is O=C(Nc1ccc(F)c(NC(=O)C2CC2)c1)c1cccc(S(=O)(=O)N2CCOCC2)c1. The number of hydrogen-bond donors (Lipinski definition) is 2. The highest BCUT2D eigenvalue weighted by Gasteiger charge is 2.30. The number of sulfonamides is 1. The second-order valence-electron chi connectivity index (χ2n) is 7.46. The average molecular weight is 447 g/mol. The summed E-state index contributed by atoms with van der Waals surface area (Å²) in [5.74, 6) is -1.49. The van der Waals surface area contributed by atoms with Crippen LogP contribution >= 0.6 is 0 Å². The number of carbonyl (C=O) groups is 2. The lowest BCUT2D eigenvalue weighted by Gasteiger charge is -2.26. The van der Waals surface area contributed by atoms with Crippen LogP contribution in [0.15, 0.2) is 47.4 Å². The van der Waals surface area contributed by atoms with E-state index in [9.17, 15) is 22.4 Å². The number of carbonyl (C=O) groups excluding carboxylic acids is 2. The average Bonchev–Trinajstić information content (AvgIpc) is 3.62. The maximum absolute atomic E-state index is 14.0. The number of ether oxygens (including phenoxy) is 1. The highest BCUT2D eigenvalue weighted by molar-refractivity contribution is 7.89. The van der Waals surface area contributed by atoms with Crippen molar-refractivity contribution in [2.45, 2.75) is 17.7 Å². The molecule has 2 N–H and O–H groups in total. The molecule has 2 amide bonds. The number of halogens is 1. The minimum Gasteiger partial charge on any atom is -0.379 e. The first kappa shape index (κ1) is 21.4. The van der Waals surface area contributed by atoms with Crippen LogP contribution in [0.4, 0.5) is 15.8 Å². The Morgan fingerprint density at radius 1 is 1.03 bits per heavy atom. The molecule has 8 nitrogen and oxygen atoms in total. The molecule has 2 aromatic carbocycles. The Labute approximate surface area is 179 Å². The smallest absolute Gasteiger partial charge is 0.255 e. The molecule has 0 radical (unpaired) electrons. The molecule has 2 fully saturated rings. The van der Waals surface area contributed by atoms with Gasteiger partial charge in [0.1, 0.15) is 5.82 Å². The molecule has 0 aromatic heterocycles. The summed E-state index contributed by atoms with van der Waals surface area (Å²) >= 11 is 0. The van der Waals surface area contributed by atoms with Crippen molar-refractivity contribution in [1.29, 1.82) is 0 Å². The van der Waals surface area contributed by atoms with E-state index in [1.165, 1.54) is 40.7 Å². The van der Waals surface area contributed by atoms with Gasteiger partial charge in [-0.2, -0.15) is 4.31 Å². The molecular formula is C21H22FN3O5S. The Hall–Kier alpha value is -2.82. The number of nitrogens with zero attached hydrogens (tertiary/aromatic N) is 1. The predicted octanol–water partition coefficient (Wildman–Crippen LogP) is 2.45. The Balaban J connectivity index is 1.50. The van der Waals surface area contributed by atoms with Crippen LogP contribution in [0, 0.1) is 11.7 Å². The lowest BCUT2D eigenvalue weighted by molar-refractivity contribution is -0.117. The molecule has 1 saturated heterocycles. The lowest BCUT2D eigenvalue weighted by atomic mass is 10.2. The van der Waals surface area contributed by atoms with Crippen molar-refractivity contribution in [2.75, 3.05) is 36.9 Å². The van der Waals surface area contributed by atoms with Gasteiger partial charge < -0.3 is 15.4 Å². The van der Waals surface area contributed by atoms with Crippen LogP contribution < -0.4 is 10.6 Å². The normalized spacial score (nSPS) is 17.2. The summed E-state index contributed by atoms with van der Waals surface area (Å²) in [7, 11) is -3.74. The number of nitrogens with one attached hydrogen (secondary N) is 2. The van der Waals surface area contributed by atoms with Gasteiger partial charge in [-0.1, -0.05) is 6.07 Å². The Bertz CT molecular complexity index is 1110. The molecule has 0 spiro atoms. The van der Waals surface area contributed by atoms with E-state index < -0.39 is 21.7 Å². The van der Waals surface area contributed by atoms with E-state index in [0.717, 1.165) is 18.9 Å². The molecule has 4 rings (SSSR count). The number of hydrogen-bond acceptors (Lipinski definition) is 5. The summed E-state index contributed by atoms with van der Waals surface area (Å²) in [4.78, 5) is 24.6. The van der Waals surface area contributed by atoms with E-state index in [1.54, 1.807) is 0 Å². The van der Waals surface area contributed by atoms with Crippen LogP contribution in [0.25, 0.3) is 0 Å². The van der Waals surface area contributed by atoms with Crippen LogP contribution in [0.1, 0.15) is 23.2 Å². The van der Waals surface area contributed by atoms with Crippen LogP contribution in [-0.4, -0.2) is 50.8 Å². The zero-order valence-corrected chi connectivity index (χ0v) is 17.5. The maximum Gasteiger partial charge on any atom is 0.255 e. The molecule has 31 heavy (non-hydrogen) atoms. The number of anilines is 2. The molecule has 10 heteroatoms. The van der Waals surface area contributed by atoms with Gasteiger partial charge in [-0.25, -0.2) is 12.8 Å². The van der Waals surface area contributed by atoms with Gasteiger partial charge in [0.15, 0.2) is 0 Å². The summed E-state index contributed by atoms with van der Waals surface area (Å²) in [6.07, 6.45) is 1.57. The first-order chi connectivity index (χ1) is 14.8. The molecule has 1 aliphatic carbocycles. The predicted molar refractivity (Wildman–Crippen MR) is 112 cm³/mol. The maximum atomic E-state index is 14.0. The van der Waals surface area contributed by atoms with Crippen LogP contribution in [0.3, 0.4) is 0 Å². The van der Waals surface area contributed by atoms with Crippen molar-refractivity contribution < 1.29 is 27.1 Å². The first-order valence-corrected chi connectivity index (χ1v) is 11.4. The summed E-state index contributed by atoms with van der Waals surface area (Å²) in [5, 5.41) is 5.15. The Morgan fingerprint density at radius 2 is 1.77 bits per heavy atom. The van der Waals surface area contributed by atoms with Gasteiger partial charge >= 0.3 is 0 Å². The largest absolute Gasteiger partial charge is 0.379 e. The third-order valence-electron chi connectivity index (χ3n) is 5.13. The number of amides is 2. The van der Waals surface area contributed by atoms with Crippen LogP contribution in [0.5, 0.6) is 0 Å². The minimum absolute atomic E-state index is 0.0125. The molecule has 0 unspecified atom stereocenters. The van der Waals surface area contributed by atoms with Crippen LogP contribution in [0.2, 0.25) is 0 Å². The highest BCUT2D eigenvalue weighted by Crippen LogP contribution is 2.31. The molecule has 0 bridgehead atoms. The third-order valence-corrected chi connectivity index (χ3v) is 7.03. The monoisotopic (exact) mass is 447 g/mol. The highest BCUT2D eigenvalue weighted by atomic mass is 32.2. The van der Waals surface area contributed by atoms with Crippen molar-refractivity contribution in [2.24, 2.45) is 5.92 Å². The van der Waals surface area contributed by atoms with E-state index in [1.807, 2.05) is 0 Å². The quantitative estimate of drug-likeness (QED) is 0.708. The summed E-state index contributed by atoms with van der Waals surface area (Å²) in [6, 6.07) is 9.58. The minimum atomic E-state index is -3.74. The van der Waals surface area contributed by atoms with Gasteiger partial charge in [0.2, 0.25) is 15.9 Å². The van der Waals surface area contributed by atoms with E-state index in [4.69, 9.17) is 4.74 Å². The van der Waals surface area contributed by atoms with Crippen molar-refractivity contribution in [3.63, 3.8) is 0 Å². The van der Waals surface area contributed by atoms with E-state index in [2.05, 4.69) is 10.6 Å². The zero-order chi connectivity index (χ0) is 22.0. The molecule has 1 heterocycles. The van der Waals surface area contributed by atoms with Crippen LogP contribution in [-0.2, 0) is 19.6 Å². The fraction of sp³-hybridized carbons (Fsp3) is 0.333. The van der Waals surface area contributed by atoms with Crippen molar-refractivity contribution in [1.82, 2.24) is 4.31 Å². The number of rotatable bonds is 6. The lowest BCUT2D eigenvalue weighted by Crippen LogP contribution is -2.40. The third kappa shape index (κ3) is 4.92. The van der Waals surface area contributed by atoms with E-state index >= 15 is 0 Å². The second-order valence-corrected chi connectivity index (χ2v) is 9.39. The standard InChI is InChI=1S/C21H22FN3O5S/c22-18-7-6-16(13-19(18)24-20(26)14-4-5-14)23-21(27)15-2-1-3-17(12-15)31(28,29)25-8-10-30-11-9-25/h1-3,6-7,12-14H,4-5,8-11H2,(H,23,27)(H,24,26). The fourth-order valence-electron chi connectivity index (χ4n) is 3.22. The molecule has 2 aromatic rings. The Kier molecular flexibility index (Phi) is 6.03. The second kappa shape index (κ2) is 8.74. The molecule has 2 aliphatic rings. The molecule has 0 atom stereocenters. The van der Waals surface area contributed by atoms with Gasteiger partial charge in [0, 0.05) is 30.3 Å². The van der Waals surface area contributed by atoms with Gasteiger partial charge in [-0.15, -0.1) is 0 Å². The van der Waals surface area contributed by atoms with Gasteiger partial charge in [-0.3, -0.25) is 9.59 Å².